The van der Waals surface area contributed by atoms with E-state index in [4.69, 9.17) is 23.8 Å². The third kappa shape index (κ3) is 4.19. The summed E-state index contributed by atoms with van der Waals surface area (Å²) in [7, 11) is 0. The molecule has 1 heterocycles. The van der Waals surface area contributed by atoms with Crippen LogP contribution in [0.15, 0.2) is 42.7 Å². The maximum absolute atomic E-state index is 5.91. The maximum atomic E-state index is 5.91. The molecule has 5 heteroatoms. The van der Waals surface area contributed by atoms with Gasteiger partial charge < -0.3 is 10.6 Å². The van der Waals surface area contributed by atoms with Crippen LogP contribution in [-0.4, -0.2) is 10.1 Å². The molecule has 0 fully saturated rings. The van der Waals surface area contributed by atoms with Crippen molar-refractivity contribution in [2.45, 2.75) is 13.5 Å². The van der Waals surface area contributed by atoms with Gasteiger partial charge in [-0.15, -0.1) is 0 Å². The van der Waals surface area contributed by atoms with Gasteiger partial charge in [-0.1, -0.05) is 17.7 Å². The van der Waals surface area contributed by atoms with E-state index in [0.29, 0.717) is 11.7 Å². The molecular weight excluding hydrogens is 278 g/mol. The molecule has 19 heavy (non-hydrogen) atoms. The first kappa shape index (κ1) is 13.8. The van der Waals surface area contributed by atoms with Crippen molar-refractivity contribution in [3.63, 3.8) is 0 Å². The van der Waals surface area contributed by atoms with Crippen molar-refractivity contribution < 1.29 is 0 Å². The van der Waals surface area contributed by atoms with Crippen LogP contribution in [0.25, 0.3) is 0 Å². The minimum absolute atomic E-state index is 0.578. The molecule has 0 aliphatic rings. The predicted molar refractivity (Wildman–Crippen MR) is 83.5 cm³/mol. The Morgan fingerprint density at radius 1 is 1.37 bits per heavy atom. The molecule has 0 bridgehead atoms. The Labute approximate surface area is 123 Å². The fraction of sp³-hybridized carbons (Fsp3) is 0.143. The molecule has 98 valence electrons. The zero-order chi connectivity index (χ0) is 13.7. The van der Waals surface area contributed by atoms with Gasteiger partial charge in [0.15, 0.2) is 5.11 Å². The zero-order valence-electron chi connectivity index (χ0n) is 10.5. The summed E-state index contributed by atoms with van der Waals surface area (Å²) in [6.45, 7) is 2.63. The minimum Gasteiger partial charge on any atom is -0.358 e. The Morgan fingerprint density at radius 2 is 2.21 bits per heavy atom. The van der Waals surface area contributed by atoms with E-state index >= 15 is 0 Å². The summed E-state index contributed by atoms with van der Waals surface area (Å²) in [6, 6.07) is 9.54. The summed E-state index contributed by atoms with van der Waals surface area (Å²) in [5.74, 6) is 0. The summed E-state index contributed by atoms with van der Waals surface area (Å²) in [5.41, 5.74) is 3.09. The number of aromatic nitrogens is 1. The normalized spacial score (nSPS) is 10.0. The number of anilines is 1. The van der Waals surface area contributed by atoms with Gasteiger partial charge in [-0.05, 0) is 54.5 Å². The second-order valence-electron chi connectivity index (χ2n) is 4.13. The molecule has 0 radical (unpaired) electrons. The molecule has 0 amide bonds. The fourth-order valence-electron chi connectivity index (χ4n) is 1.62. The fourth-order valence-corrected chi connectivity index (χ4v) is 2.03. The number of thiocarbonyl (C=S) groups is 1. The van der Waals surface area contributed by atoms with Crippen LogP contribution in [0.5, 0.6) is 0 Å². The van der Waals surface area contributed by atoms with Crippen molar-refractivity contribution in [1.82, 2.24) is 10.3 Å². The first-order valence-electron chi connectivity index (χ1n) is 5.85. The highest BCUT2D eigenvalue weighted by molar-refractivity contribution is 7.80. The lowest BCUT2D eigenvalue weighted by molar-refractivity contribution is 0.916. The third-order valence-electron chi connectivity index (χ3n) is 2.61. The number of benzene rings is 1. The standard InChI is InChI=1S/C14H14ClN3S/c1-10-7-12(15)4-5-13(10)18-14(19)17-9-11-3-2-6-16-8-11/h2-8H,9H2,1H3,(H2,17,18,19). The van der Waals surface area contributed by atoms with Gasteiger partial charge in [-0.2, -0.15) is 0 Å². The Kier molecular flexibility index (Phi) is 4.71. The van der Waals surface area contributed by atoms with E-state index in [9.17, 15) is 0 Å². The number of nitrogens with zero attached hydrogens (tertiary/aromatic N) is 1. The minimum atomic E-state index is 0.578. The number of nitrogens with one attached hydrogen (secondary N) is 2. The van der Waals surface area contributed by atoms with Gasteiger partial charge in [-0.25, -0.2) is 0 Å². The van der Waals surface area contributed by atoms with Crippen molar-refractivity contribution in [2.24, 2.45) is 0 Å². The van der Waals surface area contributed by atoms with Crippen molar-refractivity contribution in [3.8, 4) is 0 Å². The van der Waals surface area contributed by atoms with Gasteiger partial charge in [0.25, 0.3) is 0 Å². The SMILES string of the molecule is Cc1cc(Cl)ccc1NC(=S)NCc1cccnc1. The number of rotatable bonds is 3. The third-order valence-corrected chi connectivity index (χ3v) is 3.09. The van der Waals surface area contributed by atoms with Crippen molar-refractivity contribution in [1.29, 1.82) is 0 Å². The summed E-state index contributed by atoms with van der Waals surface area (Å²) in [6.07, 6.45) is 3.56. The smallest absolute Gasteiger partial charge is 0.171 e. The van der Waals surface area contributed by atoms with Crippen LogP contribution >= 0.6 is 23.8 Å². The molecule has 0 saturated carbocycles. The van der Waals surface area contributed by atoms with Crippen LogP contribution in [-0.2, 0) is 6.54 Å². The molecule has 0 saturated heterocycles. The molecule has 1 aromatic carbocycles. The van der Waals surface area contributed by atoms with Crippen molar-refractivity contribution >= 4 is 34.6 Å². The largest absolute Gasteiger partial charge is 0.358 e. The van der Waals surface area contributed by atoms with E-state index < -0.39 is 0 Å². The predicted octanol–water partition coefficient (Wildman–Crippen LogP) is 3.53. The van der Waals surface area contributed by atoms with Crippen LogP contribution in [0.2, 0.25) is 5.02 Å². The van der Waals surface area contributed by atoms with E-state index in [0.717, 1.165) is 21.8 Å². The van der Waals surface area contributed by atoms with Crippen LogP contribution in [0, 0.1) is 6.92 Å². The average molecular weight is 292 g/mol. The number of aryl methyl sites for hydroxylation is 1. The molecule has 3 nitrogen and oxygen atoms in total. The number of pyridine rings is 1. The monoisotopic (exact) mass is 291 g/mol. The van der Waals surface area contributed by atoms with Gasteiger partial charge in [0.05, 0.1) is 0 Å². The van der Waals surface area contributed by atoms with E-state index in [2.05, 4.69) is 15.6 Å². The summed E-state index contributed by atoms with van der Waals surface area (Å²) >= 11 is 11.2. The van der Waals surface area contributed by atoms with Gasteiger partial charge in [0.2, 0.25) is 0 Å². The van der Waals surface area contributed by atoms with E-state index in [1.807, 2.05) is 43.5 Å². The number of hydrogen-bond donors (Lipinski definition) is 2. The van der Waals surface area contributed by atoms with E-state index in [-0.39, 0.29) is 0 Å². The van der Waals surface area contributed by atoms with Gasteiger partial charge in [0.1, 0.15) is 0 Å². The van der Waals surface area contributed by atoms with Gasteiger partial charge >= 0.3 is 0 Å². The van der Waals surface area contributed by atoms with Crippen molar-refractivity contribution in [3.05, 3.63) is 58.9 Å². The molecule has 2 rings (SSSR count). The first-order valence-corrected chi connectivity index (χ1v) is 6.63. The number of halogens is 1. The van der Waals surface area contributed by atoms with Crippen LogP contribution in [0.1, 0.15) is 11.1 Å². The Balaban J connectivity index is 1.91. The van der Waals surface area contributed by atoms with Crippen LogP contribution in [0.4, 0.5) is 5.69 Å². The number of hydrogen-bond acceptors (Lipinski definition) is 2. The topological polar surface area (TPSA) is 37.0 Å². The molecule has 2 N–H and O–H groups in total. The second kappa shape index (κ2) is 6.50. The highest BCUT2D eigenvalue weighted by Crippen LogP contribution is 2.19. The van der Waals surface area contributed by atoms with Crippen molar-refractivity contribution in [2.75, 3.05) is 5.32 Å². The van der Waals surface area contributed by atoms with Crippen LogP contribution < -0.4 is 10.6 Å². The Bertz CT molecular complexity index is 572. The lowest BCUT2D eigenvalue weighted by Crippen LogP contribution is -2.28. The lowest BCUT2D eigenvalue weighted by atomic mass is 10.2. The Morgan fingerprint density at radius 3 is 2.89 bits per heavy atom. The van der Waals surface area contributed by atoms with E-state index in [1.165, 1.54) is 0 Å². The highest BCUT2D eigenvalue weighted by atomic mass is 35.5. The second-order valence-corrected chi connectivity index (χ2v) is 4.97. The van der Waals surface area contributed by atoms with Gasteiger partial charge in [-0.3, -0.25) is 4.98 Å². The first-order chi connectivity index (χ1) is 9.15. The molecule has 1 aromatic heterocycles. The molecule has 0 atom stereocenters. The average Bonchev–Trinajstić information content (AvgIpc) is 2.41. The Hall–Kier alpha value is -1.65. The summed E-state index contributed by atoms with van der Waals surface area (Å²) in [5, 5.41) is 7.58. The quantitative estimate of drug-likeness (QED) is 0.848. The molecule has 0 aliphatic heterocycles. The zero-order valence-corrected chi connectivity index (χ0v) is 12.1. The molecule has 0 unspecified atom stereocenters. The summed E-state index contributed by atoms with van der Waals surface area (Å²) in [4.78, 5) is 4.05. The van der Waals surface area contributed by atoms with Crippen LogP contribution in [0.3, 0.4) is 0 Å². The molecule has 0 spiro atoms. The molecular formula is C14H14ClN3S. The summed E-state index contributed by atoms with van der Waals surface area (Å²) < 4.78 is 0. The lowest BCUT2D eigenvalue weighted by Gasteiger charge is -2.12. The molecule has 0 aliphatic carbocycles. The van der Waals surface area contributed by atoms with Gasteiger partial charge in [0, 0.05) is 29.6 Å². The van der Waals surface area contributed by atoms with E-state index in [1.54, 1.807) is 6.20 Å². The highest BCUT2D eigenvalue weighted by Gasteiger charge is 2.02. The molecule has 2 aromatic rings. The maximum Gasteiger partial charge on any atom is 0.171 e.